The molecule has 3 rings (SSSR count). The minimum atomic E-state index is -1.14. The van der Waals surface area contributed by atoms with Crippen molar-refractivity contribution in [3.63, 3.8) is 0 Å². The number of carbonyl (C=O) groups excluding carboxylic acids is 1. The predicted molar refractivity (Wildman–Crippen MR) is 114 cm³/mol. The molecule has 0 unspecified atom stereocenters. The molecule has 0 aliphatic rings. The zero-order valence-electron chi connectivity index (χ0n) is 16.2. The van der Waals surface area contributed by atoms with Gasteiger partial charge in [-0.2, -0.15) is 0 Å². The number of benzene rings is 1. The van der Waals surface area contributed by atoms with Gasteiger partial charge in [0.2, 0.25) is 0 Å². The van der Waals surface area contributed by atoms with E-state index in [-0.39, 0.29) is 12.2 Å². The van der Waals surface area contributed by atoms with Gasteiger partial charge in [0.15, 0.2) is 5.69 Å². The number of anilines is 1. The van der Waals surface area contributed by atoms with E-state index >= 15 is 0 Å². The van der Waals surface area contributed by atoms with Crippen LogP contribution in [-0.2, 0) is 11.3 Å². The van der Waals surface area contributed by atoms with Crippen molar-refractivity contribution in [2.45, 2.75) is 19.0 Å². The van der Waals surface area contributed by atoms with Gasteiger partial charge in [-0.1, -0.05) is 35.9 Å². The van der Waals surface area contributed by atoms with Crippen LogP contribution in [0.3, 0.4) is 0 Å². The van der Waals surface area contributed by atoms with Crippen LogP contribution in [0.4, 0.5) is 10.5 Å². The summed E-state index contributed by atoms with van der Waals surface area (Å²) >= 11 is 6.14. The topological polar surface area (TPSA) is 134 Å². The molecule has 2 amide bonds. The Bertz CT molecular complexity index is 1150. The maximum atomic E-state index is 12.8. The number of aliphatic carboxylic acids is 1. The Balaban J connectivity index is 1.81. The molecule has 9 nitrogen and oxygen atoms in total. The maximum absolute atomic E-state index is 12.8. The first kappa shape index (κ1) is 21.8. The number of amides is 2. The van der Waals surface area contributed by atoms with Crippen LogP contribution in [0, 0.1) is 0 Å². The van der Waals surface area contributed by atoms with Crippen molar-refractivity contribution in [2.75, 3.05) is 5.32 Å². The molecule has 10 heteroatoms. The van der Waals surface area contributed by atoms with Crippen LogP contribution >= 0.6 is 11.6 Å². The van der Waals surface area contributed by atoms with E-state index in [4.69, 9.17) is 16.7 Å². The molecule has 1 atom stereocenters. The second kappa shape index (κ2) is 9.77. The van der Waals surface area contributed by atoms with E-state index in [1.807, 2.05) is 0 Å². The molecule has 0 aliphatic heterocycles. The lowest BCUT2D eigenvalue weighted by molar-refractivity contribution is -0.137. The van der Waals surface area contributed by atoms with E-state index in [0.29, 0.717) is 16.3 Å². The smallest absolute Gasteiger partial charge is 0.320 e. The number of urea groups is 1. The number of hydrogen-bond acceptors (Lipinski definition) is 5. The van der Waals surface area contributed by atoms with Gasteiger partial charge in [0.1, 0.15) is 5.75 Å². The van der Waals surface area contributed by atoms with Crippen LogP contribution < -0.4 is 16.2 Å². The number of carbonyl (C=O) groups is 2. The normalized spacial score (nSPS) is 11.5. The van der Waals surface area contributed by atoms with E-state index < -0.39 is 35.8 Å². The van der Waals surface area contributed by atoms with Gasteiger partial charge in [-0.25, -0.2) is 4.79 Å². The fourth-order valence-corrected chi connectivity index (χ4v) is 3.11. The number of aromatic hydroxyl groups is 1. The summed E-state index contributed by atoms with van der Waals surface area (Å²) in [5, 5.41) is 24.5. The van der Waals surface area contributed by atoms with Crippen molar-refractivity contribution in [1.29, 1.82) is 0 Å². The molecule has 0 aliphatic carbocycles. The minimum Gasteiger partial charge on any atom is -0.505 e. The molecule has 0 spiro atoms. The maximum Gasteiger partial charge on any atom is 0.320 e. The van der Waals surface area contributed by atoms with Crippen molar-refractivity contribution in [3.05, 3.63) is 87.6 Å². The number of nitrogens with zero attached hydrogens (tertiary/aromatic N) is 2. The molecular weight excluding hydrogens is 424 g/mol. The summed E-state index contributed by atoms with van der Waals surface area (Å²) in [4.78, 5) is 40.5. The quantitative estimate of drug-likeness (QED) is 0.444. The van der Waals surface area contributed by atoms with Crippen molar-refractivity contribution < 1.29 is 19.8 Å². The van der Waals surface area contributed by atoms with Crippen molar-refractivity contribution >= 4 is 29.3 Å². The molecule has 4 N–H and O–H groups in total. The number of halogens is 1. The first-order valence-corrected chi connectivity index (χ1v) is 9.59. The van der Waals surface area contributed by atoms with Crippen LogP contribution in [0.5, 0.6) is 5.75 Å². The van der Waals surface area contributed by atoms with Crippen LogP contribution in [0.2, 0.25) is 5.02 Å². The number of pyridine rings is 2. The Morgan fingerprint density at radius 2 is 1.87 bits per heavy atom. The number of carboxylic acid groups (broad SMARTS) is 1. The monoisotopic (exact) mass is 442 g/mol. The van der Waals surface area contributed by atoms with Gasteiger partial charge in [-0.05, 0) is 29.8 Å². The number of carboxylic acids is 1. The molecule has 0 fully saturated rings. The van der Waals surface area contributed by atoms with Gasteiger partial charge in [-0.15, -0.1) is 0 Å². The number of aromatic nitrogens is 2. The Hall–Kier alpha value is -3.85. The molecule has 0 saturated carbocycles. The summed E-state index contributed by atoms with van der Waals surface area (Å²) < 4.78 is 1.28. The summed E-state index contributed by atoms with van der Waals surface area (Å²) in [5.41, 5.74) is 0.0299. The molecule has 2 heterocycles. The van der Waals surface area contributed by atoms with Crippen LogP contribution in [0.15, 0.2) is 65.7 Å². The highest BCUT2D eigenvalue weighted by Crippen LogP contribution is 2.20. The Morgan fingerprint density at radius 1 is 1.13 bits per heavy atom. The molecule has 3 aromatic rings. The Labute approximate surface area is 181 Å². The second-order valence-electron chi connectivity index (χ2n) is 6.60. The molecular formula is C21H19ClN4O5. The molecule has 0 saturated heterocycles. The third-order valence-corrected chi connectivity index (χ3v) is 4.78. The number of rotatable bonds is 7. The van der Waals surface area contributed by atoms with Gasteiger partial charge >= 0.3 is 12.0 Å². The Kier molecular flexibility index (Phi) is 6.88. The Morgan fingerprint density at radius 3 is 2.55 bits per heavy atom. The fraction of sp³-hybridized carbons (Fsp3) is 0.143. The van der Waals surface area contributed by atoms with Gasteiger partial charge < -0.3 is 25.4 Å². The number of hydrogen-bond donors (Lipinski definition) is 4. The highest BCUT2D eigenvalue weighted by Gasteiger charge is 2.21. The zero-order chi connectivity index (χ0) is 22.4. The average Bonchev–Trinajstić information content (AvgIpc) is 2.74. The second-order valence-corrected chi connectivity index (χ2v) is 7.01. The molecule has 1 aromatic carbocycles. The van der Waals surface area contributed by atoms with Crippen LogP contribution in [0.1, 0.15) is 23.7 Å². The molecule has 0 radical (unpaired) electrons. The van der Waals surface area contributed by atoms with Gasteiger partial charge in [-0.3, -0.25) is 14.6 Å². The summed E-state index contributed by atoms with van der Waals surface area (Å²) in [6.07, 6.45) is 2.44. The lowest BCUT2D eigenvalue weighted by atomic mass is 10.1. The molecule has 2 aromatic heterocycles. The SMILES string of the molecule is O=C(O)C[C@H](NC(=O)Nc1c(O)ccn(Cc2ccccc2Cl)c1=O)c1ccccn1. The fourth-order valence-electron chi connectivity index (χ4n) is 2.91. The first-order chi connectivity index (χ1) is 14.8. The predicted octanol–water partition coefficient (Wildman–Crippen LogP) is 2.99. The molecule has 31 heavy (non-hydrogen) atoms. The van der Waals surface area contributed by atoms with Gasteiger partial charge in [0.05, 0.1) is 24.7 Å². The van der Waals surface area contributed by atoms with E-state index in [1.54, 1.807) is 42.5 Å². The summed E-state index contributed by atoms with van der Waals surface area (Å²) in [7, 11) is 0. The zero-order valence-corrected chi connectivity index (χ0v) is 16.9. The largest absolute Gasteiger partial charge is 0.505 e. The number of nitrogens with one attached hydrogen (secondary N) is 2. The van der Waals surface area contributed by atoms with Gasteiger partial charge in [0, 0.05) is 17.4 Å². The third-order valence-electron chi connectivity index (χ3n) is 4.41. The average molecular weight is 443 g/mol. The van der Waals surface area contributed by atoms with Crippen molar-refractivity contribution in [3.8, 4) is 5.75 Å². The lowest BCUT2D eigenvalue weighted by Gasteiger charge is -2.17. The van der Waals surface area contributed by atoms with Gasteiger partial charge in [0.25, 0.3) is 5.56 Å². The van der Waals surface area contributed by atoms with Crippen LogP contribution in [0.25, 0.3) is 0 Å². The first-order valence-electron chi connectivity index (χ1n) is 9.21. The minimum absolute atomic E-state index is 0.130. The third kappa shape index (κ3) is 5.61. The summed E-state index contributed by atoms with van der Waals surface area (Å²) in [6, 6.07) is 11.3. The van der Waals surface area contributed by atoms with E-state index in [2.05, 4.69) is 15.6 Å². The highest BCUT2D eigenvalue weighted by atomic mass is 35.5. The standard InChI is InChI=1S/C21H19ClN4O5/c22-14-6-2-1-5-13(14)12-26-10-8-17(27)19(20(26)30)25-21(31)24-16(11-18(28)29)15-7-3-4-9-23-15/h1-10,16,27H,11-12H2,(H,28,29)(H2,24,25,31)/t16-/m0/s1. The summed E-state index contributed by atoms with van der Waals surface area (Å²) in [6.45, 7) is 0.130. The molecule has 0 bridgehead atoms. The highest BCUT2D eigenvalue weighted by molar-refractivity contribution is 6.31. The summed E-state index contributed by atoms with van der Waals surface area (Å²) in [5.74, 6) is -1.57. The van der Waals surface area contributed by atoms with Crippen molar-refractivity contribution in [1.82, 2.24) is 14.9 Å². The van der Waals surface area contributed by atoms with E-state index in [0.717, 1.165) is 0 Å². The molecule has 160 valence electrons. The lowest BCUT2D eigenvalue weighted by Crippen LogP contribution is -2.36. The van der Waals surface area contributed by atoms with Crippen molar-refractivity contribution in [2.24, 2.45) is 0 Å². The van der Waals surface area contributed by atoms with E-state index in [9.17, 15) is 19.5 Å². The van der Waals surface area contributed by atoms with E-state index in [1.165, 1.54) is 23.0 Å². The van der Waals surface area contributed by atoms with Crippen LogP contribution in [-0.4, -0.2) is 31.8 Å².